The first-order valence-electron chi connectivity index (χ1n) is 11.0. The number of likely N-dealkylation sites (N-methyl/N-ethyl adjacent to an activating group) is 1. The largest absolute Gasteiger partial charge is 0.396 e. The number of halogens is 1. The predicted molar refractivity (Wildman–Crippen MR) is 124 cm³/mol. The van der Waals surface area contributed by atoms with Crippen LogP contribution >= 0.6 is 11.6 Å². The third-order valence-electron chi connectivity index (χ3n) is 6.14. The van der Waals surface area contributed by atoms with Gasteiger partial charge in [0.2, 0.25) is 0 Å². The first kappa shape index (κ1) is 23.1. The Labute approximate surface area is 185 Å². The van der Waals surface area contributed by atoms with E-state index in [1.54, 1.807) is 0 Å². The molecule has 3 N–H and O–H groups in total. The highest BCUT2D eigenvalue weighted by Gasteiger charge is 2.34. The maximum absolute atomic E-state index is 9.46. The third kappa shape index (κ3) is 6.00. The van der Waals surface area contributed by atoms with Crippen LogP contribution in [0, 0.1) is 5.41 Å². The van der Waals surface area contributed by atoms with E-state index in [1.165, 1.54) is 5.69 Å². The number of aliphatic hydroxyl groups excluding tert-OH is 1. The molecule has 1 unspecified atom stereocenters. The smallest absolute Gasteiger partial charge is 0.191 e. The van der Waals surface area contributed by atoms with Crippen molar-refractivity contribution in [2.45, 2.75) is 26.3 Å². The van der Waals surface area contributed by atoms with Crippen molar-refractivity contribution in [1.82, 2.24) is 15.5 Å². The van der Waals surface area contributed by atoms with Crippen molar-refractivity contribution in [2.75, 3.05) is 71.0 Å². The Morgan fingerprint density at radius 3 is 2.73 bits per heavy atom. The number of rotatable bonds is 8. The van der Waals surface area contributed by atoms with Crippen LogP contribution in [0.2, 0.25) is 5.02 Å². The molecule has 0 aliphatic carbocycles. The fourth-order valence-corrected chi connectivity index (χ4v) is 4.36. The molecule has 0 amide bonds. The van der Waals surface area contributed by atoms with Gasteiger partial charge < -0.3 is 30.3 Å². The molecule has 30 heavy (non-hydrogen) atoms. The van der Waals surface area contributed by atoms with E-state index in [4.69, 9.17) is 21.3 Å². The first-order chi connectivity index (χ1) is 14.6. The van der Waals surface area contributed by atoms with E-state index in [1.807, 2.05) is 12.1 Å². The van der Waals surface area contributed by atoms with E-state index in [2.05, 4.69) is 40.5 Å². The molecule has 0 bridgehead atoms. The molecule has 8 heteroatoms. The van der Waals surface area contributed by atoms with Crippen LogP contribution in [0.1, 0.15) is 25.3 Å². The van der Waals surface area contributed by atoms with Gasteiger partial charge >= 0.3 is 0 Å². The number of hydrogen-bond donors (Lipinski definition) is 3. The van der Waals surface area contributed by atoms with Gasteiger partial charge in [-0.25, -0.2) is 4.99 Å². The number of guanidine groups is 1. The SMILES string of the molecule is CCNC(=NCc1c(Cl)cccc1N1CCN(C)CC1)NCC1(CCO)CCOC1. The molecular weight excluding hydrogens is 402 g/mol. The standard InChI is InChI=1S/C22H36ClN5O2/c1-3-24-21(26-16-22(7-13-29)8-14-30-17-22)25-15-18-19(23)5-4-6-20(18)28-11-9-27(2)10-12-28/h4-6,29H,3,7-17H2,1-2H3,(H2,24,25,26). The van der Waals surface area contributed by atoms with Crippen LogP contribution in [0.15, 0.2) is 23.2 Å². The minimum atomic E-state index is -0.0275. The van der Waals surface area contributed by atoms with E-state index in [0.717, 1.165) is 75.3 Å². The number of nitrogens with zero attached hydrogens (tertiary/aromatic N) is 3. The predicted octanol–water partition coefficient (Wildman–Crippen LogP) is 1.94. The van der Waals surface area contributed by atoms with Crippen LogP contribution < -0.4 is 15.5 Å². The van der Waals surface area contributed by atoms with Crippen LogP contribution in [-0.2, 0) is 11.3 Å². The summed E-state index contributed by atoms with van der Waals surface area (Å²) in [6.45, 7) is 9.78. The van der Waals surface area contributed by atoms with Gasteiger partial charge in [-0.2, -0.15) is 0 Å². The minimum absolute atomic E-state index is 0.0275. The summed E-state index contributed by atoms with van der Waals surface area (Å²) in [5.41, 5.74) is 2.21. The number of anilines is 1. The maximum atomic E-state index is 9.46. The maximum Gasteiger partial charge on any atom is 0.191 e. The molecular formula is C22H36ClN5O2. The van der Waals surface area contributed by atoms with E-state index in [0.29, 0.717) is 13.2 Å². The molecule has 168 valence electrons. The van der Waals surface area contributed by atoms with Gasteiger partial charge in [-0.05, 0) is 38.9 Å². The monoisotopic (exact) mass is 437 g/mol. The average Bonchev–Trinajstić information content (AvgIpc) is 3.20. The van der Waals surface area contributed by atoms with E-state index < -0.39 is 0 Å². The molecule has 3 rings (SSSR count). The zero-order valence-electron chi connectivity index (χ0n) is 18.3. The summed E-state index contributed by atoms with van der Waals surface area (Å²) in [6, 6.07) is 6.11. The van der Waals surface area contributed by atoms with Crippen LogP contribution in [-0.4, -0.2) is 82.1 Å². The van der Waals surface area contributed by atoms with Crippen LogP contribution in [0.5, 0.6) is 0 Å². The Morgan fingerprint density at radius 1 is 1.27 bits per heavy atom. The molecule has 0 spiro atoms. The topological polar surface area (TPSA) is 72.4 Å². The van der Waals surface area contributed by atoms with Crippen molar-refractivity contribution in [1.29, 1.82) is 0 Å². The quantitative estimate of drug-likeness (QED) is 0.426. The van der Waals surface area contributed by atoms with Gasteiger partial charge in [0, 0.05) is 74.2 Å². The summed E-state index contributed by atoms with van der Waals surface area (Å²) in [5.74, 6) is 0.769. The van der Waals surface area contributed by atoms with Gasteiger partial charge in [0.05, 0.1) is 13.2 Å². The molecule has 1 aromatic carbocycles. The fourth-order valence-electron chi connectivity index (χ4n) is 4.13. The molecule has 1 aromatic rings. The van der Waals surface area contributed by atoms with Gasteiger partial charge in [-0.3, -0.25) is 0 Å². The Kier molecular flexibility index (Phi) is 8.62. The summed E-state index contributed by atoms with van der Waals surface area (Å²) < 4.78 is 5.60. The second kappa shape index (κ2) is 11.2. The number of nitrogens with one attached hydrogen (secondary N) is 2. The zero-order chi connectivity index (χ0) is 21.4. The molecule has 1 atom stereocenters. The molecule has 2 heterocycles. The van der Waals surface area contributed by atoms with Crippen LogP contribution in [0.25, 0.3) is 0 Å². The lowest BCUT2D eigenvalue weighted by Gasteiger charge is -2.35. The van der Waals surface area contributed by atoms with E-state index in [-0.39, 0.29) is 12.0 Å². The highest BCUT2D eigenvalue weighted by atomic mass is 35.5. The number of benzene rings is 1. The molecule has 0 radical (unpaired) electrons. The number of hydrogen-bond acceptors (Lipinski definition) is 5. The van der Waals surface area contributed by atoms with Crippen molar-refractivity contribution < 1.29 is 9.84 Å². The van der Waals surface area contributed by atoms with E-state index >= 15 is 0 Å². The van der Waals surface area contributed by atoms with Gasteiger partial charge in [0.25, 0.3) is 0 Å². The van der Waals surface area contributed by atoms with Crippen molar-refractivity contribution in [3.05, 3.63) is 28.8 Å². The Hall–Kier alpha value is -1.54. The van der Waals surface area contributed by atoms with Crippen molar-refractivity contribution in [3.8, 4) is 0 Å². The molecule has 2 aliphatic heterocycles. The number of aliphatic imine (C=N–C) groups is 1. The lowest BCUT2D eigenvalue weighted by atomic mass is 9.84. The fraction of sp³-hybridized carbons (Fsp3) is 0.682. The Balaban J connectivity index is 1.71. The first-order valence-corrected chi connectivity index (χ1v) is 11.4. The van der Waals surface area contributed by atoms with Gasteiger partial charge in [0.1, 0.15) is 0 Å². The molecule has 7 nitrogen and oxygen atoms in total. The van der Waals surface area contributed by atoms with Crippen molar-refractivity contribution in [3.63, 3.8) is 0 Å². The summed E-state index contributed by atoms with van der Waals surface area (Å²) >= 11 is 6.59. The molecule has 2 fully saturated rings. The second-order valence-corrected chi connectivity index (χ2v) is 8.76. The molecule has 2 aliphatic rings. The molecule has 0 aromatic heterocycles. The minimum Gasteiger partial charge on any atom is -0.396 e. The lowest BCUT2D eigenvalue weighted by Crippen LogP contribution is -2.45. The summed E-state index contributed by atoms with van der Waals surface area (Å²) in [4.78, 5) is 9.59. The number of piperazine rings is 1. The summed E-state index contributed by atoms with van der Waals surface area (Å²) in [7, 11) is 2.16. The Bertz CT molecular complexity index is 701. The zero-order valence-corrected chi connectivity index (χ0v) is 19.0. The highest BCUT2D eigenvalue weighted by molar-refractivity contribution is 6.31. The second-order valence-electron chi connectivity index (χ2n) is 8.35. The number of aliphatic hydroxyl groups is 1. The van der Waals surface area contributed by atoms with E-state index in [9.17, 15) is 5.11 Å². The normalized spacial score (nSPS) is 23.1. The summed E-state index contributed by atoms with van der Waals surface area (Å²) in [6.07, 6.45) is 1.69. The van der Waals surface area contributed by atoms with Gasteiger partial charge in [0.15, 0.2) is 5.96 Å². The lowest BCUT2D eigenvalue weighted by molar-refractivity contribution is 0.127. The number of ether oxygens (including phenoxy) is 1. The van der Waals surface area contributed by atoms with Crippen LogP contribution in [0.4, 0.5) is 5.69 Å². The third-order valence-corrected chi connectivity index (χ3v) is 6.49. The highest BCUT2D eigenvalue weighted by Crippen LogP contribution is 2.32. The Morgan fingerprint density at radius 2 is 2.07 bits per heavy atom. The molecule has 0 saturated carbocycles. The van der Waals surface area contributed by atoms with Crippen LogP contribution in [0.3, 0.4) is 0 Å². The summed E-state index contributed by atoms with van der Waals surface area (Å²) in [5, 5.41) is 17.0. The van der Waals surface area contributed by atoms with Gasteiger partial charge in [-0.15, -0.1) is 0 Å². The van der Waals surface area contributed by atoms with Gasteiger partial charge in [-0.1, -0.05) is 17.7 Å². The van der Waals surface area contributed by atoms with Crippen molar-refractivity contribution in [2.24, 2.45) is 10.4 Å². The van der Waals surface area contributed by atoms with Crippen molar-refractivity contribution >= 4 is 23.2 Å². The molecule has 2 saturated heterocycles. The average molecular weight is 438 g/mol.